The third-order valence-electron chi connectivity index (χ3n) is 2.86. The zero-order valence-electron chi connectivity index (χ0n) is 10.4. The SMILES string of the molecule is Cc1ccc(CNc2nc(=S)[nH]c3ccccc23)o1. The Morgan fingerprint density at radius 3 is 2.89 bits per heavy atom. The van der Waals surface area contributed by atoms with Gasteiger partial charge in [0.2, 0.25) is 0 Å². The molecule has 3 rings (SSSR count). The summed E-state index contributed by atoms with van der Waals surface area (Å²) in [5, 5.41) is 4.28. The highest BCUT2D eigenvalue weighted by Gasteiger charge is 2.04. The van der Waals surface area contributed by atoms with Crippen molar-refractivity contribution in [1.82, 2.24) is 9.97 Å². The van der Waals surface area contributed by atoms with Crippen LogP contribution in [-0.2, 0) is 6.54 Å². The monoisotopic (exact) mass is 271 g/mol. The summed E-state index contributed by atoms with van der Waals surface area (Å²) < 4.78 is 5.99. The molecular weight excluding hydrogens is 258 g/mol. The average molecular weight is 271 g/mol. The molecule has 0 bridgehead atoms. The molecule has 0 unspecified atom stereocenters. The Balaban J connectivity index is 1.94. The molecule has 2 heterocycles. The van der Waals surface area contributed by atoms with E-state index in [-0.39, 0.29) is 0 Å². The number of hydrogen-bond acceptors (Lipinski definition) is 4. The summed E-state index contributed by atoms with van der Waals surface area (Å²) in [6.45, 7) is 2.51. The lowest BCUT2D eigenvalue weighted by molar-refractivity contribution is 0.490. The van der Waals surface area contributed by atoms with Crippen LogP contribution in [0.15, 0.2) is 40.8 Å². The average Bonchev–Trinajstić information content (AvgIpc) is 2.81. The number of para-hydroxylation sites is 1. The van der Waals surface area contributed by atoms with E-state index in [1.807, 2.05) is 43.3 Å². The van der Waals surface area contributed by atoms with E-state index in [9.17, 15) is 0 Å². The maximum Gasteiger partial charge on any atom is 0.199 e. The number of furan rings is 1. The van der Waals surface area contributed by atoms with Crippen LogP contribution in [0.3, 0.4) is 0 Å². The molecule has 0 amide bonds. The van der Waals surface area contributed by atoms with Crippen LogP contribution in [0.4, 0.5) is 5.82 Å². The van der Waals surface area contributed by atoms with Gasteiger partial charge >= 0.3 is 0 Å². The number of benzene rings is 1. The van der Waals surface area contributed by atoms with Gasteiger partial charge in [0, 0.05) is 5.39 Å². The van der Waals surface area contributed by atoms with Crippen molar-refractivity contribution in [3.05, 3.63) is 52.7 Å². The van der Waals surface area contributed by atoms with Gasteiger partial charge in [0.15, 0.2) is 4.77 Å². The zero-order valence-corrected chi connectivity index (χ0v) is 11.3. The summed E-state index contributed by atoms with van der Waals surface area (Å²) in [7, 11) is 0. The molecule has 0 aliphatic heterocycles. The van der Waals surface area contributed by atoms with Crippen molar-refractivity contribution >= 4 is 28.9 Å². The molecular formula is C14H13N3OS. The van der Waals surface area contributed by atoms with E-state index in [0.29, 0.717) is 11.3 Å². The number of nitrogens with zero attached hydrogens (tertiary/aromatic N) is 1. The Labute approximate surface area is 115 Å². The lowest BCUT2D eigenvalue weighted by Gasteiger charge is -2.07. The van der Waals surface area contributed by atoms with Crippen LogP contribution in [0.1, 0.15) is 11.5 Å². The molecule has 0 aliphatic rings. The van der Waals surface area contributed by atoms with E-state index < -0.39 is 0 Å². The van der Waals surface area contributed by atoms with E-state index in [1.54, 1.807) is 0 Å². The predicted molar refractivity (Wildman–Crippen MR) is 77.7 cm³/mol. The zero-order chi connectivity index (χ0) is 13.2. The number of rotatable bonds is 3. The summed E-state index contributed by atoms with van der Waals surface area (Å²) >= 11 is 5.13. The predicted octanol–water partition coefficient (Wildman–Crippen LogP) is 3.81. The molecule has 5 heteroatoms. The molecule has 4 nitrogen and oxygen atoms in total. The lowest BCUT2D eigenvalue weighted by Crippen LogP contribution is -2.02. The molecule has 2 N–H and O–H groups in total. The smallest absolute Gasteiger partial charge is 0.199 e. The van der Waals surface area contributed by atoms with Crippen LogP contribution < -0.4 is 5.32 Å². The van der Waals surface area contributed by atoms with Crippen molar-refractivity contribution in [2.24, 2.45) is 0 Å². The third-order valence-corrected chi connectivity index (χ3v) is 3.06. The van der Waals surface area contributed by atoms with Crippen molar-refractivity contribution in [3.8, 4) is 0 Å². The largest absolute Gasteiger partial charge is 0.465 e. The normalized spacial score (nSPS) is 10.8. The van der Waals surface area contributed by atoms with Gasteiger partial charge < -0.3 is 14.7 Å². The molecule has 96 valence electrons. The van der Waals surface area contributed by atoms with Crippen molar-refractivity contribution in [3.63, 3.8) is 0 Å². The standard InChI is InChI=1S/C14H13N3OS/c1-9-6-7-10(18-9)8-15-13-11-4-2-3-5-12(11)16-14(19)17-13/h2-7H,8H2,1H3,(H2,15,16,17,19). The fraction of sp³-hybridized carbons (Fsp3) is 0.143. The molecule has 0 spiro atoms. The first-order chi connectivity index (χ1) is 9.22. The number of nitrogens with one attached hydrogen (secondary N) is 2. The van der Waals surface area contributed by atoms with Gasteiger partial charge in [-0.3, -0.25) is 0 Å². The topological polar surface area (TPSA) is 53.9 Å². The summed E-state index contributed by atoms with van der Waals surface area (Å²) in [6, 6.07) is 11.8. The van der Waals surface area contributed by atoms with E-state index in [4.69, 9.17) is 16.6 Å². The Bertz CT molecular complexity index is 775. The van der Waals surface area contributed by atoms with Crippen LogP contribution in [0.5, 0.6) is 0 Å². The maximum absolute atomic E-state index is 5.52. The van der Waals surface area contributed by atoms with Gasteiger partial charge in [-0.2, -0.15) is 0 Å². The molecule has 0 fully saturated rings. The second-order valence-corrected chi connectivity index (χ2v) is 4.69. The minimum absolute atomic E-state index is 0.469. The van der Waals surface area contributed by atoms with Crippen LogP contribution in [0.2, 0.25) is 0 Å². The Morgan fingerprint density at radius 1 is 1.26 bits per heavy atom. The van der Waals surface area contributed by atoms with Gasteiger partial charge in [0.05, 0.1) is 12.1 Å². The molecule has 1 aromatic carbocycles. The number of H-pyrrole nitrogens is 1. The summed E-state index contributed by atoms with van der Waals surface area (Å²) in [5.74, 6) is 2.55. The highest BCUT2D eigenvalue weighted by atomic mass is 32.1. The first-order valence-corrected chi connectivity index (χ1v) is 6.41. The Morgan fingerprint density at radius 2 is 2.11 bits per heavy atom. The summed E-state index contributed by atoms with van der Waals surface area (Å²) in [6.07, 6.45) is 0. The van der Waals surface area contributed by atoms with Crippen molar-refractivity contribution in [2.45, 2.75) is 13.5 Å². The summed E-state index contributed by atoms with van der Waals surface area (Å²) in [5.41, 5.74) is 0.973. The maximum atomic E-state index is 5.52. The number of aryl methyl sites for hydroxylation is 1. The van der Waals surface area contributed by atoms with E-state index in [1.165, 1.54) is 0 Å². The fourth-order valence-corrected chi connectivity index (χ4v) is 2.19. The highest BCUT2D eigenvalue weighted by molar-refractivity contribution is 7.71. The lowest BCUT2D eigenvalue weighted by atomic mass is 10.2. The molecule has 19 heavy (non-hydrogen) atoms. The number of aromatic amines is 1. The van der Waals surface area contributed by atoms with Gasteiger partial charge in [0.25, 0.3) is 0 Å². The second-order valence-electron chi connectivity index (χ2n) is 4.30. The molecule has 2 aromatic heterocycles. The molecule has 3 aromatic rings. The number of aromatic nitrogens is 2. The van der Waals surface area contributed by atoms with Gasteiger partial charge in [-0.15, -0.1) is 0 Å². The Hall–Kier alpha value is -2.14. The van der Waals surface area contributed by atoms with E-state index in [0.717, 1.165) is 28.2 Å². The minimum atomic E-state index is 0.469. The molecule has 0 radical (unpaired) electrons. The third kappa shape index (κ3) is 2.51. The fourth-order valence-electron chi connectivity index (χ4n) is 1.99. The number of anilines is 1. The number of fused-ring (bicyclic) bond motifs is 1. The van der Waals surface area contributed by atoms with Crippen LogP contribution in [-0.4, -0.2) is 9.97 Å². The molecule has 0 aliphatic carbocycles. The number of hydrogen-bond donors (Lipinski definition) is 2. The van der Waals surface area contributed by atoms with Gasteiger partial charge in [-0.1, -0.05) is 12.1 Å². The molecule has 0 saturated heterocycles. The first-order valence-electron chi connectivity index (χ1n) is 6.00. The second kappa shape index (κ2) is 4.85. The van der Waals surface area contributed by atoms with Gasteiger partial charge in [-0.25, -0.2) is 4.98 Å². The highest BCUT2D eigenvalue weighted by Crippen LogP contribution is 2.20. The van der Waals surface area contributed by atoms with Crippen molar-refractivity contribution in [1.29, 1.82) is 0 Å². The van der Waals surface area contributed by atoms with Crippen LogP contribution in [0.25, 0.3) is 10.9 Å². The van der Waals surface area contributed by atoms with Gasteiger partial charge in [0.1, 0.15) is 17.3 Å². The first kappa shape index (κ1) is 11.9. The minimum Gasteiger partial charge on any atom is -0.465 e. The molecule has 0 saturated carbocycles. The van der Waals surface area contributed by atoms with Crippen molar-refractivity contribution < 1.29 is 4.42 Å². The van der Waals surface area contributed by atoms with E-state index >= 15 is 0 Å². The Kier molecular flexibility index (Phi) is 3.05. The summed E-state index contributed by atoms with van der Waals surface area (Å²) in [4.78, 5) is 7.40. The van der Waals surface area contributed by atoms with Gasteiger partial charge in [-0.05, 0) is 43.4 Å². The molecule has 0 atom stereocenters. The quantitative estimate of drug-likeness (QED) is 0.711. The van der Waals surface area contributed by atoms with Crippen LogP contribution >= 0.6 is 12.2 Å². The van der Waals surface area contributed by atoms with Crippen LogP contribution in [0, 0.1) is 11.7 Å². The van der Waals surface area contributed by atoms with Crippen molar-refractivity contribution in [2.75, 3.05) is 5.32 Å². The van der Waals surface area contributed by atoms with E-state index in [2.05, 4.69) is 15.3 Å².